The molecule has 5 fully saturated rings. The third kappa shape index (κ3) is 4.23. The van der Waals surface area contributed by atoms with Crippen molar-refractivity contribution in [3.8, 4) is 0 Å². The van der Waals surface area contributed by atoms with E-state index < -0.39 is 41.2 Å². The largest absolute Gasteiger partial charge is 0.478 e. The normalized spacial score (nSPS) is 47.7. The van der Waals surface area contributed by atoms with E-state index in [1.807, 2.05) is 0 Å². The van der Waals surface area contributed by atoms with Gasteiger partial charge in [-0.15, -0.1) is 0 Å². The van der Waals surface area contributed by atoms with Crippen LogP contribution in [0.2, 0.25) is 0 Å². The molecule has 224 valence electrons. The van der Waals surface area contributed by atoms with Crippen LogP contribution >= 0.6 is 0 Å². The summed E-state index contributed by atoms with van der Waals surface area (Å²) in [5.74, 6) is -1.93. The molecule has 0 aromatic carbocycles. The summed E-state index contributed by atoms with van der Waals surface area (Å²) in [6.45, 7) is 10.3. The summed E-state index contributed by atoms with van der Waals surface area (Å²) in [5.41, 5.74) is 15.7. The average molecular weight is 559 g/mol. The van der Waals surface area contributed by atoms with Crippen molar-refractivity contribution in [3.63, 3.8) is 0 Å². The van der Waals surface area contributed by atoms with Crippen LogP contribution < -0.4 is 11.5 Å². The van der Waals surface area contributed by atoms with Crippen LogP contribution in [0, 0.1) is 40.4 Å². The third-order valence-corrected chi connectivity index (χ3v) is 12.5. The molecule has 0 bridgehead atoms. The second kappa shape index (κ2) is 10.2. The molecule has 0 amide bonds. The van der Waals surface area contributed by atoms with Gasteiger partial charge in [0.15, 0.2) is 0 Å². The number of aliphatic hydroxyl groups is 2. The number of ether oxygens (including phenoxy) is 1. The van der Waals surface area contributed by atoms with E-state index in [0.717, 1.165) is 25.7 Å². The first kappa shape index (κ1) is 29.7. The van der Waals surface area contributed by atoms with Gasteiger partial charge in [-0.2, -0.15) is 0 Å². The summed E-state index contributed by atoms with van der Waals surface area (Å²) in [7, 11) is 0. The van der Waals surface area contributed by atoms with Gasteiger partial charge in [-0.05, 0) is 112 Å². The number of hydrogen-bond acceptors (Lipinski definition) is 7. The minimum absolute atomic E-state index is 0.0286. The van der Waals surface area contributed by atoms with E-state index in [2.05, 4.69) is 27.7 Å². The van der Waals surface area contributed by atoms with Crippen molar-refractivity contribution >= 4 is 11.9 Å². The molecule has 5 saturated carbocycles. The summed E-state index contributed by atoms with van der Waals surface area (Å²) in [6, 6.07) is 0. The number of fused-ring (bicyclic) bond motifs is 5. The molecule has 40 heavy (non-hydrogen) atoms. The second-order valence-electron chi connectivity index (χ2n) is 14.5. The van der Waals surface area contributed by atoms with Crippen LogP contribution in [0.4, 0.5) is 0 Å². The van der Waals surface area contributed by atoms with Crippen LogP contribution in [0.5, 0.6) is 0 Å². The summed E-state index contributed by atoms with van der Waals surface area (Å²) in [4.78, 5) is 25.4. The van der Waals surface area contributed by atoms with E-state index in [4.69, 9.17) is 16.2 Å². The van der Waals surface area contributed by atoms with Gasteiger partial charge < -0.3 is 31.5 Å². The molecule has 11 atom stereocenters. The molecule has 8 nitrogen and oxygen atoms in total. The fourth-order valence-corrected chi connectivity index (χ4v) is 10.7. The van der Waals surface area contributed by atoms with Gasteiger partial charge in [0.25, 0.3) is 0 Å². The van der Waals surface area contributed by atoms with Gasteiger partial charge >= 0.3 is 11.9 Å². The second-order valence-corrected chi connectivity index (χ2v) is 14.5. The number of carbonyl (C=O) groups excluding carboxylic acids is 1. The first-order valence-corrected chi connectivity index (χ1v) is 15.3. The van der Waals surface area contributed by atoms with E-state index in [1.54, 1.807) is 0 Å². The van der Waals surface area contributed by atoms with Gasteiger partial charge in [-0.1, -0.05) is 25.0 Å². The zero-order valence-corrected chi connectivity index (χ0v) is 24.9. The Kier molecular flexibility index (Phi) is 7.59. The van der Waals surface area contributed by atoms with Crippen molar-refractivity contribution in [2.75, 3.05) is 6.54 Å². The molecule has 0 saturated heterocycles. The average Bonchev–Trinajstić information content (AvgIpc) is 3.44. The Morgan fingerprint density at radius 2 is 1.75 bits per heavy atom. The first-order chi connectivity index (χ1) is 18.7. The van der Waals surface area contributed by atoms with Gasteiger partial charge in [0, 0.05) is 29.9 Å². The SMILES string of the molecule is CC(=O)O[C@H]1C[C@@]2(C)[C@@H](C[C@@H](O)[C@H]3[C@@]4(C)CC[C@@H](O)[C@@H](CN)[C@@H]4CC[C@@]32N)/C1=C(/C(=O)O)C1CCC(=C(C)C)C1. The molecular formula is C32H50N2O6. The molecule has 0 aliphatic heterocycles. The maximum Gasteiger partial charge on any atom is 0.331 e. The zero-order chi connectivity index (χ0) is 29.4. The summed E-state index contributed by atoms with van der Waals surface area (Å²) < 4.78 is 5.93. The van der Waals surface area contributed by atoms with Crippen molar-refractivity contribution in [1.29, 1.82) is 0 Å². The van der Waals surface area contributed by atoms with E-state index in [9.17, 15) is 24.9 Å². The first-order valence-electron chi connectivity index (χ1n) is 15.3. The zero-order valence-electron chi connectivity index (χ0n) is 24.9. The molecule has 5 aliphatic carbocycles. The number of aliphatic carboxylic acids is 1. The maximum absolute atomic E-state index is 13.0. The van der Waals surface area contributed by atoms with Crippen molar-refractivity contribution in [3.05, 3.63) is 22.3 Å². The summed E-state index contributed by atoms with van der Waals surface area (Å²) >= 11 is 0. The van der Waals surface area contributed by atoms with E-state index >= 15 is 0 Å². The highest BCUT2D eigenvalue weighted by molar-refractivity contribution is 5.89. The Balaban J connectivity index is 1.63. The van der Waals surface area contributed by atoms with E-state index in [1.165, 1.54) is 18.1 Å². The topological polar surface area (TPSA) is 156 Å². The van der Waals surface area contributed by atoms with Gasteiger partial charge in [0.1, 0.15) is 6.10 Å². The molecule has 8 heteroatoms. The molecule has 0 radical (unpaired) electrons. The summed E-state index contributed by atoms with van der Waals surface area (Å²) in [5, 5.41) is 33.4. The molecule has 0 aromatic heterocycles. The van der Waals surface area contributed by atoms with Gasteiger partial charge in [-0.25, -0.2) is 4.79 Å². The van der Waals surface area contributed by atoms with Crippen LogP contribution in [-0.4, -0.2) is 57.7 Å². The molecule has 5 aliphatic rings. The van der Waals surface area contributed by atoms with Crippen LogP contribution in [0.15, 0.2) is 22.3 Å². The number of esters is 1. The molecule has 0 aromatic rings. The van der Waals surface area contributed by atoms with Crippen molar-refractivity contribution in [1.82, 2.24) is 0 Å². The van der Waals surface area contributed by atoms with Gasteiger partial charge in [-0.3, -0.25) is 4.79 Å². The van der Waals surface area contributed by atoms with E-state index in [-0.39, 0.29) is 35.0 Å². The smallest absolute Gasteiger partial charge is 0.331 e. The predicted octanol–water partition coefficient (Wildman–Crippen LogP) is 3.69. The Hall–Kier alpha value is -1.74. The molecule has 0 spiro atoms. The lowest BCUT2D eigenvalue weighted by molar-refractivity contribution is -0.202. The molecule has 1 unspecified atom stereocenters. The molecule has 0 heterocycles. The van der Waals surface area contributed by atoms with Crippen LogP contribution in [0.1, 0.15) is 92.4 Å². The molecule has 5 rings (SSSR count). The minimum atomic E-state index is -0.957. The number of rotatable bonds is 4. The number of carbonyl (C=O) groups is 2. The lowest BCUT2D eigenvalue weighted by Gasteiger charge is -2.68. The van der Waals surface area contributed by atoms with Crippen molar-refractivity contribution in [2.24, 2.45) is 51.9 Å². The van der Waals surface area contributed by atoms with Gasteiger partial charge in [0.05, 0.1) is 12.2 Å². The minimum Gasteiger partial charge on any atom is -0.478 e. The van der Waals surface area contributed by atoms with Crippen LogP contribution in [-0.2, 0) is 14.3 Å². The Morgan fingerprint density at radius 1 is 1.05 bits per heavy atom. The molecular weight excluding hydrogens is 508 g/mol. The van der Waals surface area contributed by atoms with Crippen molar-refractivity contribution < 1.29 is 29.6 Å². The number of carboxylic acids is 1. The summed E-state index contributed by atoms with van der Waals surface area (Å²) in [6.07, 6.45) is 4.17. The number of aliphatic hydroxyl groups excluding tert-OH is 2. The Morgan fingerprint density at radius 3 is 2.33 bits per heavy atom. The highest BCUT2D eigenvalue weighted by atomic mass is 16.5. The number of allylic oxidation sites excluding steroid dienone is 2. The Bertz CT molecular complexity index is 1130. The highest BCUT2D eigenvalue weighted by Gasteiger charge is 2.71. The quantitative estimate of drug-likeness (QED) is 0.199. The van der Waals surface area contributed by atoms with Gasteiger partial charge in [0.2, 0.25) is 0 Å². The number of nitrogens with two attached hydrogens (primary N) is 2. The molecule has 7 N–H and O–H groups in total. The van der Waals surface area contributed by atoms with Crippen LogP contribution in [0.3, 0.4) is 0 Å². The van der Waals surface area contributed by atoms with Crippen molar-refractivity contribution in [2.45, 2.75) is 116 Å². The fourth-order valence-electron chi connectivity index (χ4n) is 10.7. The number of carboxylic acid groups (broad SMARTS) is 1. The maximum atomic E-state index is 13.0. The monoisotopic (exact) mass is 558 g/mol. The standard InChI is InChI=1S/C32H50N2O6/c1-16(2)18-6-7-19(12-18)26(29(38)39)27-22-13-24(37)28-30(4)10-9-23(36)20(15-33)21(30)8-11-32(28,34)31(22,5)14-25(27)40-17(3)35/h19-25,28,36-37H,6-15,33-34H2,1-5H3,(H,38,39)/b27-26-/t19?,20-,21-,22-,23+,24+,25-,28-,30-,31-,32+/m0/s1. The lowest BCUT2D eigenvalue weighted by Crippen LogP contribution is -2.74. The predicted molar refractivity (Wildman–Crippen MR) is 152 cm³/mol. The Labute approximate surface area is 238 Å². The number of hydrogen-bond donors (Lipinski definition) is 5. The fraction of sp³-hybridized carbons (Fsp3) is 0.812. The third-order valence-electron chi connectivity index (χ3n) is 12.5. The van der Waals surface area contributed by atoms with Crippen LogP contribution in [0.25, 0.3) is 0 Å². The van der Waals surface area contributed by atoms with E-state index in [0.29, 0.717) is 49.8 Å². The lowest BCUT2D eigenvalue weighted by atomic mass is 9.39. The highest BCUT2D eigenvalue weighted by Crippen LogP contribution is 2.70.